The number of nitrogens with one attached hydrogen (secondary N) is 6. The first-order chi connectivity index (χ1) is 45.5. The van der Waals surface area contributed by atoms with Crippen LogP contribution in [-0.2, 0) is 80.8 Å². The highest BCUT2D eigenvalue weighted by Gasteiger charge is 2.25. The van der Waals surface area contributed by atoms with E-state index in [1.54, 1.807) is 60.7 Å². The van der Waals surface area contributed by atoms with Crippen molar-refractivity contribution >= 4 is 98.2 Å². The van der Waals surface area contributed by atoms with Crippen LogP contribution in [0.1, 0.15) is 141 Å². The average molecular weight is 1370 g/mol. The Labute approximate surface area is 560 Å². The summed E-state index contributed by atoms with van der Waals surface area (Å²) in [6.45, 7) is 13.4. The molecule has 22 nitrogen and oxygen atoms in total. The van der Waals surface area contributed by atoms with Gasteiger partial charge in [0.25, 0.3) is 0 Å². The first-order valence-corrected chi connectivity index (χ1v) is 32.5. The van der Waals surface area contributed by atoms with Crippen LogP contribution in [0.4, 0.5) is 20.2 Å². The molecule has 2 aliphatic rings. The Balaban J connectivity index is 0.000000231. The zero-order chi connectivity index (χ0) is 67.1. The van der Waals surface area contributed by atoms with E-state index < -0.39 is 12.9 Å². The maximum Gasteiger partial charge on any atom is 0.488 e. The molecule has 95 heavy (non-hydrogen) atoms. The predicted octanol–water partition coefficient (Wildman–Crippen LogP) is 8.97. The Morgan fingerprint density at radius 3 is 1.45 bits per heavy atom. The molecule has 0 atom stereocenters. The van der Waals surface area contributed by atoms with Crippen molar-refractivity contribution in [1.82, 2.24) is 50.8 Å². The van der Waals surface area contributed by atoms with Crippen molar-refractivity contribution in [2.45, 2.75) is 151 Å². The largest absolute Gasteiger partial charge is 0.488 e. The molecule has 504 valence electrons. The molecule has 2 saturated heterocycles. The van der Waals surface area contributed by atoms with Crippen LogP contribution in [0.2, 0.25) is 0 Å². The Kier molecular flexibility index (Phi) is 28.5. The van der Waals surface area contributed by atoms with Crippen LogP contribution in [0, 0.1) is 11.6 Å². The molecule has 4 aromatic carbocycles. The van der Waals surface area contributed by atoms with Crippen LogP contribution in [0.15, 0.2) is 102 Å². The smallest absolute Gasteiger partial charge is 0.423 e. The molecule has 4 amide bonds. The van der Waals surface area contributed by atoms with Crippen LogP contribution in [-0.4, -0.2) is 121 Å². The third-order valence-corrected chi connectivity index (χ3v) is 16.7. The van der Waals surface area contributed by atoms with E-state index in [1.807, 2.05) is 49.5 Å². The van der Waals surface area contributed by atoms with E-state index in [-0.39, 0.29) is 94.3 Å². The topological polar surface area (TPSA) is 295 Å². The van der Waals surface area contributed by atoms with Gasteiger partial charge in [-0.15, -0.1) is 0 Å². The molecular weight excluding hydrogens is 1290 g/mol. The molecule has 2 fully saturated rings. The summed E-state index contributed by atoms with van der Waals surface area (Å²) in [4.78, 5) is 81.6. The minimum atomic E-state index is -1.50. The molecule has 6 heterocycles. The Morgan fingerprint density at radius 1 is 0.589 bits per heavy atom. The third-order valence-electron chi connectivity index (χ3n) is 16.1. The SMILES string of the molecule is C.CCc1nc2c(cnn2CC)c(NC2CCOCC2)c1CNC(=O)CCC(=O)NCc1ccc(F)c(-c2cccc(C=O)c2)c1.CCc1nc2c(cnn2CC)c(NC2CCOCC2)c1CNC(=O)CCC(=O)NCc1ccc(F)c(Br)c1.O=Cc1cccc(B(O)O)c1. The lowest BCUT2D eigenvalue weighted by Gasteiger charge is -2.26. The molecule has 0 radical (unpaired) electrons. The number of hydrogen-bond acceptors (Lipinski definition) is 16. The standard InChI is InChI=1S/C34H39FN6O4.C27H34BrFN6O3.C7H7BO3.CH4/c1-3-30-27(33(39-25-12-14-45-15-13-25)28-20-38-41(4-2)34(28)40-30)19-37-32(44)11-10-31(43)36-18-22-8-9-29(35)26(17-22)24-7-5-6-23(16-24)21-42;1-3-23-19(15-31-25(37)8-7-24(36)30-14-17-5-6-22(29)21(28)13-17)26(33-18-9-11-38-12-10-18)20-16-32-35(4-2)27(20)34-23;9-5-6-2-1-3-7(4-6)8(10)11;/h5-9,16-17,20-21,25H,3-4,10-15,18-19H2,1-2H3,(H,36,43)(H,37,44)(H,39,40);5-6,13,16,18H,3-4,7-12,14-15H2,1-2H3,(H,30,36)(H,31,37)(H,33,34);1-5,10-11H;1H4. The van der Waals surface area contributed by atoms with Gasteiger partial charge in [0.2, 0.25) is 23.6 Å². The molecule has 8 aromatic rings. The minimum Gasteiger partial charge on any atom is -0.423 e. The minimum absolute atomic E-state index is 0. The van der Waals surface area contributed by atoms with E-state index in [2.05, 4.69) is 58.0 Å². The molecule has 10 rings (SSSR count). The number of aromatic nitrogens is 6. The number of ether oxygens (including phenoxy) is 2. The Hall–Kier alpha value is -8.82. The summed E-state index contributed by atoms with van der Waals surface area (Å²) in [5.41, 5.74) is 10.8. The maximum atomic E-state index is 14.5. The predicted molar refractivity (Wildman–Crippen MR) is 366 cm³/mol. The van der Waals surface area contributed by atoms with E-state index >= 15 is 0 Å². The van der Waals surface area contributed by atoms with Crippen molar-refractivity contribution in [2.75, 3.05) is 37.1 Å². The summed E-state index contributed by atoms with van der Waals surface area (Å²) in [7, 11) is -1.50. The fraction of sp³-hybridized carbons (Fsp3) is 0.391. The number of rotatable bonds is 26. The number of hydrogen-bond donors (Lipinski definition) is 8. The van der Waals surface area contributed by atoms with E-state index in [4.69, 9.17) is 29.5 Å². The lowest BCUT2D eigenvalue weighted by Crippen LogP contribution is -2.30. The van der Waals surface area contributed by atoms with Crippen molar-refractivity contribution in [3.8, 4) is 11.1 Å². The second-order valence-electron chi connectivity index (χ2n) is 22.6. The first kappa shape index (κ1) is 73.6. The van der Waals surface area contributed by atoms with E-state index in [1.165, 1.54) is 24.3 Å². The molecule has 0 spiro atoms. The molecule has 26 heteroatoms. The van der Waals surface area contributed by atoms with Gasteiger partial charge in [-0.1, -0.05) is 75.9 Å². The van der Waals surface area contributed by atoms with Crippen LogP contribution in [0.5, 0.6) is 0 Å². The van der Waals surface area contributed by atoms with Gasteiger partial charge in [-0.2, -0.15) is 10.2 Å². The summed E-state index contributed by atoms with van der Waals surface area (Å²) in [5.74, 6) is -1.77. The fourth-order valence-electron chi connectivity index (χ4n) is 10.9. The van der Waals surface area contributed by atoms with Crippen LogP contribution in [0.25, 0.3) is 33.2 Å². The molecule has 4 aromatic heterocycles. The van der Waals surface area contributed by atoms with Gasteiger partial charge < -0.3 is 51.4 Å². The molecule has 0 bridgehead atoms. The van der Waals surface area contributed by atoms with E-state index in [0.29, 0.717) is 109 Å². The lowest BCUT2D eigenvalue weighted by molar-refractivity contribution is -0.126. The number of anilines is 2. The highest BCUT2D eigenvalue weighted by atomic mass is 79.9. The van der Waals surface area contributed by atoms with Gasteiger partial charge in [0.1, 0.15) is 24.2 Å². The number of amides is 4. The number of carbonyl (C=O) groups excluding carboxylic acids is 6. The first-order valence-electron chi connectivity index (χ1n) is 31.7. The van der Waals surface area contributed by atoms with E-state index in [9.17, 15) is 37.5 Å². The van der Waals surface area contributed by atoms with Crippen LogP contribution < -0.4 is 37.4 Å². The zero-order valence-electron chi connectivity index (χ0n) is 53.2. The van der Waals surface area contributed by atoms with E-state index in [0.717, 1.165) is 87.2 Å². The number of aldehydes is 2. The average Bonchev–Trinajstić information content (AvgIpc) is 1.69. The van der Waals surface area contributed by atoms with Gasteiger partial charge in [-0.05, 0) is 121 Å². The lowest BCUT2D eigenvalue weighted by atomic mass is 9.80. The third kappa shape index (κ3) is 20.6. The number of aryl methyl sites for hydroxylation is 4. The monoisotopic (exact) mass is 1370 g/mol. The molecular formula is C69H84BBrF2N12O10. The van der Waals surface area contributed by atoms with Crippen molar-refractivity contribution in [3.63, 3.8) is 0 Å². The molecule has 8 N–H and O–H groups in total. The maximum absolute atomic E-state index is 14.5. The summed E-state index contributed by atoms with van der Waals surface area (Å²) in [5, 5.41) is 47.2. The van der Waals surface area contributed by atoms with Crippen molar-refractivity contribution < 1.29 is 57.1 Å². The normalized spacial score (nSPS) is 13.1. The number of carbonyl (C=O) groups is 6. The van der Waals surface area contributed by atoms with Crippen molar-refractivity contribution in [2.24, 2.45) is 0 Å². The number of halogens is 3. The van der Waals surface area contributed by atoms with Crippen molar-refractivity contribution in [1.29, 1.82) is 0 Å². The number of benzene rings is 4. The van der Waals surface area contributed by atoms with Gasteiger partial charge in [-0.3, -0.25) is 28.8 Å². The fourth-order valence-corrected chi connectivity index (χ4v) is 11.3. The van der Waals surface area contributed by atoms with Gasteiger partial charge in [0.15, 0.2) is 11.3 Å². The number of nitrogens with zero attached hydrogens (tertiary/aromatic N) is 6. The second kappa shape index (κ2) is 36.7. The molecule has 0 aliphatic carbocycles. The Morgan fingerprint density at radius 2 is 1.02 bits per heavy atom. The summed E-state index contributed by atoms with van der Waals surface area (Å²) >= 11 is 3.14. The number of fused-ring (bicyclic) bond motifs is 2. The summed E-state index contributed by atoms with van der Waals surface area (Å²) in [6.07, 6.45) is 10.2. The molecule has 0 saturated carbocycles. The highest BCUT2D eigenvalue weighted by Crippen LogP contribution is 2.33. The number of pyridine rings is 2. The van der Waals surface area contributed by atoms with Gasteiger partial charge in [-0.25, -0.2) is 28.1 Å². The van der Waals surface area contributed by atoms with Crippen molar-refractivity contribution in [3.05, 3.63) is 158 Å². The zero-order valence-corrected chi connectivity index (χ0v) is 54.8. The summed E-state index contributed by atoms with van der Waals surface area (Å²) < 4.78 is 43.1. The van der Waals surface area contributed by atoms with Crippen LogP contribution >= 0.6 is 15.9 Å². The highest BCUT2D eigenvalue weighted by molar-refractivity contribution is 9.10. The second-order valence-corrected chi connectivity index (χ2v) is 23.4. The van der Waals surface area contributed by atoms with Crippen LogP contribution in [0.3, 0.4) is 0 Å². The van der Waals surface area contributed by atoms with Gasteiger partial charge in [0.05, 0.1) is 39.0 Å². The summed E-state index contributed by atoms with van der Waals surface area (Å²) in [6, 6.07) is 22.5. The van der Waals surface area contributed by atoms with Gasteiger partial charge >= 0.3 is 7.12 Å². The molecule has 2 aliphatic heterocycles. The quantitative estimate of drug-likeness (QED) is 0.0185. The van der Waals surface area contributed by atoms with Gasteiger partial charge in [0, 0.05) is 143 Å². The molecule has 0 unspecified atom stereocenters. The Bertz CT molecular complexity index is 3930.